The maximum atomic E-state index is 8.72. The van der Waals surface area contributed by atoms with Crippen molar-refractivity contribution in [3.8, 4) is 5.75 Å². The summed E-state index contributed by atoms with van der Waals surface area (Å²) in [5.74, 6) is 0.814. The normalized spacial score (nSPS) is 9.67. The first kappa shape index (κ1) is 8.87. The molecule has 1 aromatic rings. The lowest BCUT2D eigenvalue weighted by Gasteiger charge is -2.11. The number of hydrogen-bond donors (Lipinski definition) is 2. The van der Waals surface area contributed by atoms with Crippen LogP contribution in [0.1, 0.15) is 11.1 Å². The third kappa shape index (κ3) is 1.36. The van der Waals surface area contributed by atoms with Crippen LogP contribution >= 0.6 is 0 Å². The van der Waals surface area contributed by atoms with Crippen molar-refractivity contribution in [3.63, 3.8) is 0 Å². The number of anilines is 1. The van der Waals surface area contributed by atoms with Crippen molar-refractivity contribution in [2.45, 2.75) is 13.8 Å². The number of rotatable bonds is 2. The second kappa shape index (κ2) is 3.45. The summed E-state index contributed by atoms with van der Waals surface area (Å²) in [7, 11) is 1.62. The number of methoxy groups -OCH3 is 1. The van der Waals surface area contributed by atoms with E-state index >= 15 is 0 Å². The number of aryl methyl sites for hydroxylation is 1. The summed E-state index contributed by atoms with van der Waals surface area (Å²) in [5.41, 5.74) is 4.78. The topological polar surface area (TPSA) is 41.5 Å². The van der Waals surface area contributed by atoms with E-state index in [0.29, 0.717) is 5.69 Å². The van der Waals surface area contributed by atoms with E-state index in [2.05, 4.69) is 5.48 Å². The van der Waals surface area contributed by atoms with Gasteiger partial charge in [0, 0.05) is 5.56 Å². The molecule has 0 fully saturated rings. The molecular weight excluding hydrogens is 154 g/mol. The summed E-state index contributed by atoms with van der Waals surface area (Å²) in [4.78, 5) is 0. The Morgan fingerprint density at radius 1 is 1.33 bits per heavy atom. The predicted octanol–water partition coefficient (Wildman–Crippen LogP) is 2.11. The van der Waals surface area contributed by atoms with Crippen molar-refractivity contribution in [3.05, 3.63) is 23.3 Å². The van der Waals surface area contributed by atoms with Crippen LogP contribution in [-0.4, -0.2) is 12.3 Å². The molecule has 0 unspecified atom stereocenters. The first-order chi connectivity index (χ1) is 5.70. The molecule has 3 heteroatoms. The van der Waals surface area contributed by atoms with Crippen LogP contribution in [0.5, 0.6) is 5.75 Å². The fraction of sp³-hybridized carbons (Fsp3) is 0.333. The number of ether oxygens (including phenoxy) is 1. The molecule has 1 rings (SSSR count). The fourth-order valence-electron chi connectivity index (χ4n) is 1.26. The van der Waals surface area contributed by atoms with E-state index in [1.807, 2.05) is 26.0 Å². The zero-order valence-corrected chi connectivity index (χ0v) is 7.51. The Bertz CT molecular complexity index is 284. The van der Waals surface area contributed by atoms with Crippen LogP contribution in [-0.2, 0) is 0 Å². The van der Waals surface area contributed by atoms with Crippen LogP contribution in [0.4, 0.5) is 5.69 Å². The molecule has 0 radical (unpaired) electrons. The molecule has 0 aliphatic heterocycles. The van der Waals surface area contributed by atoms with Gasteiger partial charge in [-0.05, 0) is 25.5 Å². The summed E-state index contributed by atoms with van der Waals surface area (Å²) in [6, 6.07) is 3.71. The first-order valence-electron chi connectivity index (χ1n) is 3.75. The highest BCUT2D eigenvalue weighted by molar-refractivity contribution is 5.58. The molecule has 0 amide bonds. The van der Waals surface area contributed by atoms with E-state index in [1.54, 1.807) is 7.11 Å². The van der Waals surface area contributed by atoms with Crippen LogP contribution in [0, 0.1) is 13.8 Å². The molecule has 0 bridgehead atoms. The second-order valence-electron chi connectivity index (χ2n) is 2.70. The van der Waals surface area contributed by atoms with E-state index in [9.17, 15) is 0 Å². The third-order valence-electron chi connectivity index (χ3n) is 1.93. The maximum absolute atomic E-state index is 8.72. The standard InChI is InChI=1S/C9H13NO2/c1-6-4-5-8(10-11)7(2)9(6)12-3/h4-5,10-11H,1-3H3. The van der Waals surface area contributed by atoms with Gasteiger partial charge in [0.15, 0.2) is 0 Å². The molecule has 12 heavy (non-hydrogen) atoms. The summed E-state index contributed by atoms with van der Waals surface area (Å²) >= 11 is 0. The van der Waals surface area contributed by atoms with E-state index < -0.39 is 0 Å². The summed E-state index contributed by atoms with van der Waals surface area (Å²) in [6.45, 7) is 3.86. The summed E-state index contributed by atoms with van der Waals surface area (Å²) in [5, 5.41) is 8.72. The molecule has 0 aliphatic rings. The largest absolute Gasteiger partial charge is 0.496 e. The first-order valence-corrected chi connectivity index (χ1v) is 3.75. The molecule has 0 atom stereocenters. The molecule has 0 aromatic heterocycles. The van der Waals surface area contributed by atoms with Crippen LogP contribution < -0.4 is 10.2 Å². The van der Waals surface area contributed by atoms with E-state index in [-0.39, 0.29) is 0 Å². The Hall–Kier alpha value is -1.22. The van der Waals surface area contributed by atoms with E-state index in [0.717, 1.165) is 16.9 Å². The van der Waals surface area contributed by atoms with Gasteiger partial charge in [-0.25, -0.2) is 0 Å². The van der Waals surface area contributed by atoms with Gasteiger partial charge in [-0.15, -0.1) is 0 Å². The van der Waals surface area contributed by atoms with Gasteiger partial charge in [-0.1, -0.05) is 6.07 Å². The smallest absolute Gasteiger partial charge is 0.126 e. The highest BCUT2D eigenvalue weighted by Crippen LogP contribution is 2.28. The molecule has 66 valence electrons. The van der Waals surface area contributed by atoms with Gasteiger partial charge in [0.05, 0.1) is 12.8 Å². The summed E-state index contributed by atoms with van der Waals surface area (Å²) < 4.78 is 5.17. The van der Waals surface area contributed by atoms with Gasteiger partial charge < -0.3 is 4.74 Å². The number of hydrogen-bond acceptors (Lipinski definition) is 3. The van der Waals surface area contributed by atoms with Crippen molar-refractivity contribution < 1.29 is 9.94 Å². The van der Waals surface area contributed by atoms with Crippen LogP contribution in [0.2, 0.25) is 0 Å². The molecule has 2 N–H and O–H groups in total. The SMILES string of the molecule is COc1c(C)ccc(NO)c1C. The van der Waals surface area contributed by atoms with Crippen molar-refractivity contribution in [1.82, 2.24) is 0 Å². The lowest BCUT2D eigenvalue weighted by atomic mass is 10.1. The highest BCUT2D eigenvalue weighted by Gasteiger charge is 2.05. The second-order valence-corrected chi connectivity index (χ2v) is 2.70. The fourth-order valence-corrected chi connectivity index (χ4v) is 1.26. The van der Waals surface area contributed by atoms with Crippen molar-refractivity contribution >= 4 is 5.69 Å². The van der Waals surface area contributed by atoms with Gasteiger partial charge in [-0.2, -0.15) is 0 Å². The maximum Gasteiger partial charge on any atom is 0.126 e. The molecule has 0 saturated carbocycles. The van der Waals surface area contributed by atoms with Crippen molar-refractivity contribution in [2.24, 2.45) is 0 Å². The zero-order chi connectivity index (χ0) is 9.14. The number of nitrogens with one attached hydrogen (secondary N) is 1. The van der Waals surface area contributed by atoms with Crippen LogP contribution in [0.25, 0.3) is 0 Å². The van der Waals surface area contributed by atoms with Gasteiger partial charge in [0.25, 0.3) is 0 Å². The van der Waals surface area contributed by atoms with Crippen LogP contribution in [0.15, 0.2) is 12.1 Å². The molecule has 0 aliphatic carbocycles. The molecule has 1 aromatic carbocycles. The lowest BCUT2D eigenvalue weighted by molar-refractivity contribution is 0.384. The van der Waals surface area contributed by atoms with Gasteiger partial charge in [0.2, 0.25) is 0 Å². The Kier molecular flexibility index (Phi) is 2.55. The third-order valence-corrected chi connectivity index (χ3v) is 1.93. The average molecular weight is 167 g/mol. The Morgan fingerprint density at radius 2 is 2.00 bits per heavy atom. The van der Waals surface area contributed by atoms with E-state index in [4.69, 9.17) is 9.94 Å². The Morgan fingerprint density at radius 3 is 2.50 bits per heavy atom. The highest BCUT2D eigenvalue weighted by atomic mass is 16.5. The van der Waals surface area contributed by atoms with Crippen molar-refractivity contribution in [1.29, 1.82) is 0 Å². The molecule has 3 nitrogen and oxygen atoms in total. The summed E-state index contributed by atoms with van der Waals surface area (Å²) in [6.07, 6.45) is 0. The van der Waals surface area contributed by atoms with Gasteiger partial charge >= 0.3 is 0 Å². The monoisotopic (exact) mass is 167 g/mol. The van der Waals surface area contributed by atoms with Gasteiger partial charge in [-0.3, -0.25) is 10.7 Å². The lowest BCUT2D eigenvalue weighted by Crippen LogP contribution is -1.97. The van der Waals surface area contributed by atoms with Crippen LogP contribution in [0.3, 0.4) is 0 Å². The Labute approximate surface area is 71.9 Å². The molecular formula is C9H13NO2. The zero-order valence-electron chi connectivity index (χ0n) is 7.51. The minimum atomic E-state index is 0.678. The quantitative estimate of drug-likeness (QED) is 0.663. The molecule has 0 saturated heterocycles. The van der Waals surface area contributed by atoms with Crippen molar-refractivity contribution in [2.75, 3.05) is 12.6 Å². The van der Waals surface area contributed by atoms with E-state index in [1.165, 1.54) is 0 Å². The molecule has 0 spiro atoms. The minimum Gasteiger partial charge on any atom is -0.496 e. The van der Waals surface area contributed by atoms with Gasteiger partial charge in [0.1, 0.15) is 5.75 Å². The Balaban J connectivity index is 3.24. The number of benzene rings is 1. The molecule has 0 heterocycles. The average Bonchev–Trinajstić information content (AvgIpc) is 2.06. The minimum absolute atomic E-state index is 0.678. The predicted molar refractivity (Wildman–Crippen MR) is 47.9 cm³/mol.